The van der Waals surface area contributed by atoms with Gasteiger partial charge in [-0.15, -0.1) is 4.72 Å². The van der Waals surface area contributed by atoms with Crippen molar-refractivity contribution in [3.63, 3.8) is 0 Å². The van der Waals surface area contributed by atoms with E-state index in [0.717, 1.165) is 16.9 Å². The second-order valence-electron chi connectivity index (χ2n) is 6.41. The molecule has 2 unspecified atom stereocenters. The Morgan fingerprint density at radius 1 is 1.18 bits per heavy atom. The second-order valence-corrected chi connectivity index (χ2v) is 8.81. The van der Waals surface area contributed by atoms with E-state index in [1.54, 1.807) is 0 Å². The highest BCUT2D eigenvalue weighted by molar-refractivity contribution is 7.90. The molecule has 1 N–H and O–H groups in total. The number of nitrogens with one attached hydrogen (secondary N) is 1. The minimum Gasteiger partial charge on any atom is -0.598 e. The number of furan rings is 1. The molecule has 0 fully saturated rings. The Morgan fingerprint density at radius 2 is 1.86 bits per heavy atom. The molecular weight excluding hydrogens is 318 g/mol. The molecule has 1 aromatic heterocycles. The van der Waals surface area contributed by atoms with Crippen LogP contribution in [0.2, 0.25) is 5.02 Å². The fourth-order valence-corrected chi connectivity index (χ4v) is 3.19. The third-order valence-electron chi connectivity index (χ3n) is 3.29. The van der Waals surface area contributed by atoms with Crippen molar-refractivity contribution < 1.29 is 8.97 Å². The Morgan fingerprint density at radius 3 is 2.36 bits per heavy atom. The maximum Gasteiger partial charge on any atom is 0.137 e. The lowest BCUT2D eigenvalue weighted by Crippen LogP contribution is -2.41. The van der Waals surface area contributed by atoms with E-state index >= 15 is 0 Å². The number of hydrogen-bond acceptors (Lipinski definition) is 3. The molecule has 0 bridgehead atoms. The van der Waals surface area contributed by atoms with E-state index in [4.69, 9.17) is 16.0 Å². The number of benzene rings is 1. The van der Waals surface area contributed by atoms with Crippen LogP contribution in [0, 0.1) is 13.8 Å². The third-order valence-corrected chi connectivity index (χ3v) is 5.18. The largest absolute Gasteiger partial charge is 0.598 e. The first kappa shape index (κ1) is 17.4. The average Bonchev–Trinajstić information content (AvgIpc) is 2.82. The topological polar surface area (TPSA) is 48.2 Å². The molecule has 0 saturated heterocycles. The minimum atomic E-state index is -1.24. The molecule has 1 heterocycles. The van der Waals surface area contributed by atoms with Gasteiger partial charge in [0.25, 0.3) is 0 Å². The van der Waals surface area contributed by atoms with Crippen LogP contribution in [0.5, 0.6) is 0 Å². The van der Waals surface area contributed by atoms with Crippen LogP contribution in [-0.2, 0) is 11.4 Å². The van der Waals surface area contributed by atoms with Gasteiger partial charge in [0.15, 0.2) is 0 Å². The van der Waals surface area contributed by atoms with Crippen molar-refractivity contribution in [3.05, 3.63) is 58.0 Å². The van der Waals surface area contributed by atoms with Crippen LogP contribution in [-0.4, -0.2) is 9.30 Å². The number of hydrogen-bond donors (Lipinski definition) is 1. The Labute approximate surface area is 140 Å². The fourth-order valence-electron chi connectivity index (χ4n) is 2.03. The Balaban J connectivity index is 2.41. The first-order valence-corrected chi connectivity index (χ1v) is 8.71. The predicted molar refractivity (Wildman–Crippen MR) is 92.5 cm³/mol. The second kappa shape index (κ2) is 6.67. The summed E-state index contributed by atoms with van der Waals surface area (Å²) < 4.78 is 21.0. The molecule has 0 aliphatic rings. The van der Waals surface area contributed by atoms with Gasteiger partial charge in [-0.1, -0.05) is 23.7 Å². The molecule has 1 aromatic carbocycles. The van der Waals surface area contributed by atoms with Crippen LogP contribution < -0.4 is 4.72 Å². The van der Waals surface area contributed by atoms with Gasteiger partial charge < -0.3 is 8.97 Å². The first-order valence-electron chi connectivity index (χ1n) is 7.19. The van der Waals surface area contributed by atoms with E-state index < -0.39 is 11.4 Å². The van der Waals surface area contributed by atoms with Gasteiger partial charge in [-0.25, -0.2) is 0 Å². The van der Waals surface area contributed by atoms with Crippen molar-refractivity contribution in [1.29, 1.82) is 0 Å². The van der Waals surface area contributed by atoms with Crippen LogP contribution in [0.1, 0.15) is 49.5 Å². The number of rotatable bonds is 4. The maximum absolute atomic E-state index is 12.5. The zero-order chi connectivity index (χ0) is 16.5. The number of halogens is 1. The van der Waals surface area contributed by atoms with Crippen LogP contribution in [0.3, 0.4) is 0 Å². The highest BCUT2D eigenvalue weighted by atomic mass is 35.5. The van der Waals surface area contributed by atoms with Crippen molar-refractivity contribution in [3.8, 4) is 0 Å². The van der Waals surface area contributed by atoms with Gasteiger partial charge in [0, 0.05) is 16.4 Å². The van der Waals surface area contributed by atoms with E-state index in [1.807, 2.05) is 65.0 Å². The van der Waals surface area contributed by atoms with E-state index in [-0.39, 0.29) is 10.8 Å². The van der Waals surface area contributed by atoms with E-state index in [1.165, 1.54) is 0 Å². The zero-order valence-corrected chi connectivity index (χ0v) is 15.1. The summed E-state index contributed by atoms with van der Waals surface area (Å²) in [5, 5.41) is 0.637. The van der Waals surface area contributed by atoms with Gasteiger partial charge in [-0.3, -0.25) is 0 Å². The molecular formula is C17H22ClNO2S. The summed E-state index contributed by atoms with van der Waals surface area (Å²) in [5.74, 6) is 1.52. The molecule has 0 amide bonds. The molecule has 22 heavy (non-hydrogen) atoms. The summed E-state index contributed by atoms with van der Waals surface area (Å²) >= 11 is 5.16. The molecule has 0 aliphatic heterocycles. The van der Waals surface area contributed by atoms with Crippen LogP contribution >= 0.6 is 11.6 Å². The zero-order valence-electron chi connectivity index (χ0n) is 13.6. The lowest BCUT2D eigenvalue weighted by molar-refractivity contribution is 0.448. The van der Waals surface area contributed by atoms with Gasteiger partial charge in [0.05, 0.1) is 0 Å². The number of aryl methyl sites for hydroxylation is 2. The molecule has 5 heteroatoms. The molecule has 2 aromatic rings. The summed E-state index contributed by atoms with van der Waals surface area (Å²) in [4.78, 5) is 0. The summed E-state index contributed by atoms with van der Waals surface area (Å²) in [6, 6.07) is 9.29. The van der Waals surface area contributed by atoms with Crippen LogP contribution in [0.25, 0.3) is 0 Å². The van der Waals surface area contributed by atoms with Gasteiger partial charge >= 0.3 is 0 Å². The summed E-state index contributed by atoms with van der Waals surface area (Å²) in [7, 11) is 0. The molecule has 0 radical (unpaired) electrons. The van der Waals surface area contributed by atoms with Crippen LogP contribution in [0.15, 0.2) is 34.7 Å². The lowest BCUT2D eigenvalue weighted by atomic mass is 10.0. The third kappa shape index (κ3) is 4.07. The predicted octanol–water partition coefficient (Wildman–Crippen LogP) is 4.69. The summed E-state index contributed by atoms with van der Waals surface area (Å²) in [5.41, 5.74) is 1.94. The van der Waals surface area contributed by atoms with Crippen molar-refractivity contribution in [2.45, 2.75) is 45.4 Å². The molecule has 3 nitrogen and oxygen atoms in total. The maximum atomic E-state index is 12.5. The highest BCUT2D eigenvalue weighted by Crippen LogP contribution is 2.32. The van der Waals surface area contributed by atoms with Crippen molar-refractivity contribution in [1.82, 2.24) is 4.72 Å². The Hall–Kier alpha value is -0.940. The molecule has 0 aliphatic carbocycles. The lowest BCUT2D eigenvalue weighted by Gasteiger charge is -2.27. The van der Waals surface area contributed by atoms with Gasteiger partial charge in [-0.2, -0.15) is 0 Å². The fraction of sp³-hybridized carbons (Fsp3) is 0.412. The first-order chi connectivity index (χ1) is 10.2. The van der Waals surface area contributed by atoms with Gasteiger partial charge in [0.1, 0.15) is 22.3 Å². The monoisotopic (exact) mass is 339 g/mol. The van der Waals surface area contributed by atoms with E-state index in [9.17, 15) is 4.55 Å². The Bertz CT molecular complexity index is 648. The summed E-state index contributed by atoms with van der Waals surface area (Å²) in [6.07, 6.45) is 0. The van der Waals surface area contributed by atoms with Gasteiger partial charge in [0.2, 0.25) is 0 Å². The van der Waals surface area contributed by atoms with Crippen molar-refractivity contribution in [2.75, 3.05) is 0 Å². The molecule has 0 saturated carbocycles. The smallest absolute Gasteiger partial charge is 0.137 e. The van der Waals surface area contributed by atoms with Crippen molar-refractivity contribution >= 4 is 23.0 Å². The van der Waals surface area contributed by atoms with Gasteiger partial charge in [-0.05, 0) is 63.9 Å². The standard InChI is InChI=1S/C17H22ClNO2S/c1-11-6-8-13(14(18)10-11)16(15-9-7-12(2)21-15)19-22(20)17(3,4)5/h6-10,16,19H,1-5H3. The summed E-state index contributed by atoms with van der Waals surface area (Å²) in [6.45, 7) is 9.66. The SMILES string of the molecule is Cc1ccc(C(N[S+]([O-])C(C)(C)C)c2ccc(C)o2)c(Cl)c1. The quantitative estimate of drug-likeness (QED) is 0.822. The normalized spacial score (nSPS) is 14.9. The molecule has 2 atom stereocenters. The van der Waals surface area contributed by atoms with Crippen LogP contribution in [0.4, 0.5) is 0 Å². The minimum absolute atomic E-state index is 0.346. The van der Waals surface area contributed by atoms with E-state index in [2.05, 4.69) is 4.72 Å². The highest BCUT2D eigenvalue weighted by Gasteiger charge is 2.32. The molecule has 120 valence electrons. The van der Waals surface area contributed by atoms with Crippen molar-refractivity contribution in [2.24, 2.45) is 0 Å². The molecule has 2 rings (SSSR count). The molecule has 0 spiro atoms. The van der Waals surface area contributed by atoms with E-state index in [0.29, 0.717) is 10.8 Å². The Kier molecular flexibility index (Phi) is 5.28. The average molecular weight is 340 g/mol.